The van der Waals surface area contributed by atoms with Crippen molar-refractivity contribution < 1.29 is 0 Å². The minimum Gasteiger partial charge on any atom is -0.312 e. The van der Waals surface area contributed by atoms with Gasteiger partial charge in [0, 0.05) is 24.1 Å². The Kier molecular flexibility index (Phi) is 4.81. The van der Waals surface area contributed by atoms with Gasteiger partial charge < -0.3 is 5.32 Å². The Labute approximate surface area is 121 Å². The lowest BCUT2D eigenvalue weighted by Gasteiger charge is -2.34. The monoisotopic (exact) mass is 276 g/mol. The van der Waals surface area contributed by atoms with Gasteiger partial charge in [0.1, 0.15) is 0 Å². The van der Waals surface area contributed by atoms with Gasteiger partial charge in [-0.2, -0.15) is 11.8 Å². The zero-order valence-corrected chi connectivity index (χ0v) is 12.4. The molecule has 19 heavy (non-hydrogen) atoms. The molecule has 2 fully saturated rings. The van der Waals surface area contributed by atoms with E-state index < -0.39 is 0 Å². The van der Waals surface area contributed by atoms with Crippen LogP contribution in [0.15, 0.2) is 30.3 Å². The molecule has 0 aromatic heterocycles. The van der Waals surface area contributed by atoms with Gasteiger partial charge in [-0.3, -0.25) is 4.90 Å². The number of thioether (sulfide) groups is 1. The molecule has 0 aliphatic carbocycles. The van der Waals surface area contributed by atoms with Crippen molar-refractivity contribution in [1.82, 2.24) is 10.2 Å². The lowest BCUT2D eigenvalue weighted by Crippen LogP contribution is -2.44. The van der Waals surface area contributed by atoms with Gasteiger partial charge in [0.15, 0.2) is 0 Å². The van der Waals surface area contributed by atoms with E-state index in [2.05, 4.69) is 52.3 Å². The van der Waals surface area contributed by atoms with E-state index in [1.807, 2.05) is 0 Å². The van der Waals surface area contributed by atoms with Gasteiger partial charge in [0.2, 0.25) is 0 Å². The van der Waals surface area contributed by atoms with Crippen molar-refractivity contribution in [2.75, 3.05) is 31.1 Å². The summed E-state index contributed by atoms with van der Waals surface area (Å²) in [5.41, 5.74) is 1.45. The predicted molar refractivity (Wildman–Crippen MR) is 83.6 cm³/mol. The van der Waals surface area contributed by atoms with Crippen molar-refractivity contribution in [2.45, 2.75) is 25.4 Å². The minimum atomic E-state index is 0.812. The van der Waals surface area contributed by atoms with Crippen LogP contribution in [0.25, 0.3) is 0 Å². The average Bonchev–Trinajstić information content (AvgIpc) is 2.40. The molecule has 2 aliphatic heterocycles. The van der Waals surface area contributed by atoms with Crippen LogP contribution < -0.4 is 5.32 Å². The van der Waals surface area contributed by atoms with Crippen LogP contribution in [-0.4, -0.2) is 42.1 Å². The fourth-order valence-electron chi connectivity index (χ4n) is 2.88. The second-order valence-electron chi connectivity index (χ2n) is 5.85. The maximum atomic E-state index is 3.71. The molecule has 3 heteroatoms. The molecule has 2 heterocycles. The molecule has 3 rings (SSSR count). The van der Waals surface area contributed by atoms with E-state index in [0.717, 1.165) is 18.5 Å². The maximum absolute atomic E-state index is 3.71. The Morgan fingerprint density at radius 1 is 1.11 bits per heavy atom. The van der Waals surface area contributed by atoms with E-state index in [9.17, 15) is 0 Å². The fraction of sp³-hybridized carbons (Fsp3) is 0.625. The lowest BCUT2D eigenvalue weighted by atomic mass is 9.96. The summed E-state index contributed by atoms with van der Waals surface area (Å²) in [7, 11) is 0. The molecule has 1 aromatic rings. The minimum absolute atomic E-state index is 0.812. The molecule has 1 N–H and O–H groups in total. The van der Waals surface area contributed by atoms with E-state index in [0.29, 0.717) is 0 Å². The van der Waals surface area contributed by atoms with Gasteiger partial charge in [0.25, 0.3) is 0 Å². The molecule has 0 unspecified atom stereocenters. The van der Waals surface area contributed by atoms with Crippen molar-refractivity contribution in [3.8, 4) is 0 Å². The molecule has 2 nitrogen and oxygen atoms in total. The van der Waals surface area contributed by atoms with Crippen molar-refractivity contribution in [2.24, 2.45) is 5.92 Å². The molecule has 1 aromatic carbocycles. The SMILES string of the molecule is c1ccc(CN2CCC(CNC3CSC3)CC2)cc1. The standard InChI is InChI=1S/C16H24N2S/c1-2-4-15(5-3-1)11-18-8-6-14(7-9-18)10-17-16-12-19-13-16/h1-5,14,16-17H,6-13H2. The number of benzene rings is 1. The molecule has 0 radical (unpaired) electrons. The highest BCUT2D eigenvalue weighted by atomic mass is 32.2. The third kappa shape index (κ3) is 3.98. The predicted octanol–water partition coefficient (Wildman–Crippen LogP) is 2.60. The molecule has 0 saturated carbocycles. The van der Waals surface area contributed by atoms with Crippen molar-refractivity contribution in [3.63, 3.8) is 0 Å². The fourth-order valence-corrected chi connectivity index (χ4v) is 3.58. The Bertz CT molecular complexity index is 370. The van der Waals surface area contributed by atoms with E-state index in [4.69, 9.17) is 0 Å². The summed E-state index contributed by atoms with van der Waals surface area (Å²) in [5.74, 6) is 3.55. The zero-order valence-electron chi connectivity index (χ0n) is 11.6. The first-order valence-corrected chi connectivity index (χ1v) is 8.63. The highest BCUT2D eigenvalue weighted by Gasteiger charge is 2.22. The Hall–Kier alpha value is -0.510. The molecule has 0 bridgehead atoms. The maximum Gasteiger partial charge on any atom is 0.0248 e. The quantitative estimate of drug-likeness (QED) is 0.890. The number of hydrogen-bond donors (Lipinski definition) is 1. The van der Waals surface area contributed by atoms with Crippen molar-refractivity contribution >= 4 is 11.8 Å². The van der Waals surface area contributed by atoms with Crippen LogP contribution in [-0.2, 0) is 6.54 Å². The lowest BCUT2D eigenvalue weighted by molar-refractivity contribution is 0.174. The van der Waals surface area contributed by atoms with E-state index in [1.165, 1.54) is 49.5 Å². The highest BCUT2D eigenvalue weighted by Crippen LogP contribution is 2.21. The van der Waals surface area contributed by atoms with E-state index in [-0.39, 0.29) is 0 Å². The van der Waals surface area contributed by atoms with Crippen molar-refractivity contribution in [3.05, 3.63) is 35.9 Å². The number of rotatable bonds is 5. The number of nitrogens with one attached hydrogen (secondary N) is 1. The van der Waals surface area contributed by atoms with Gasteiger partial charge in [-0.15, -0.1) is 0 Å². The topological polar surface area (TPSA) is 15.3 Å². The van der Waals surface area contributed by atoms with Crippen LogP contribution in [0.2, 0.25) is 0 Å². The molecule has 0 amide bonds. The van der Waals surface area contributed by atoms with Crippen LogP contribution in [0.3, 0.4) is 0 Å². The molecule has 104 valence electrons. The summed E-state index contributed by atoms with van der Waals surface area (Å²) in [6.45, 7) is 4.89. The molecule has 2 saturated heterocycles. The van der Waals surface area contributed by atoms with E-state index in [1.54, 1.807) is 0 Å². The number of piperidine rings is 1. The Morgan fingerprint density at radius 2 is 1.84 bits per heavy atom. The number of hydrogen-bond acceptors (Lipinski definition) is 3. The summed E-state index contributed by atoms with van der Waals surface area (Å²) in [6.07, 6.45) is 2.72. The highest BCUT2D eigenvalue weighted by molar-refractivity contribution is 8.00. The molecular formula is C16H24N2S. The average molecular weight is 276 g/mol. The van der Waals surface area contributed by atoms with Crippen molar-refractivity contribution in [1.29, 1.82) is 0 Å². The van der Waals surface area contributed by atoms with Crippen LogP contribution in [0.5, 0.6) is 0 Å². The molecular weight excluding hydrogens is 252 g/mol. The largest absolute Gasteiger partial charge is 0.312 e. The van der Waals surface area contributed by atoms with Gasteiger partial charge >= 0.3 is 0 Å². The van der Waals surface area contributed by atoms with E-state index >= 15 is 0 Å². The van der Waals surface area contributed by atoms with Crippen LogP contribution >= 0.6 is 11.8 Å². The summed E-state index contributed by atoms with van der Waals surface area (Å²) in [6, 6.07) is 11.7. The normalized spacial score (nSPS) is 22.3. The number of nitrogens with zero attached hydrogens (tertiary/aromatic N) is 1. The summed E-state index contributed by atoms with van der Waals surface area (Å²) in [4.78, 5) is 2.60. The summed E-state index contributed by atoms with van der Waals surface area (Å²) >= 11 is 2.06. The first kappa shape index (κ1) is 13.5. The molecule has 0 spiro atoms. The van der Waals surface area contributed by atoms with Crippen LogP contribution in [0.1, 0.15) is 18.4 Å². The summed E-state index contributed by atoms with van der Waals surface area (Å²) < 4.78 is 0. The third-order valence-electron chi connectivity index (χ3n) is 4.29. The van der Waals surface area contributed by atoms with Gasteiger partial charge in [-0.25, -0.2) is 0 Å². The second kappa shape index (κ2) is 6.78. The van der Waals surface area contributed by atoms with Crippen LogP contribution in [0.4, 0.5) is 0 Å². The third-order valence-corrected chi connectivity index (χ3v) is 5.57. The smallest absolute Gasteiger partial charge is 0.0248 e. The van der Waals surface area contributed by atoms with Gasteiger partial charge in [-0.1, -0.05) is 30.3 Å². The first-order chi connectivity index (χ1) is 9.40. The number of likely N-dealkylation sites (tertiary alicyclic amines) is 1. The Morgan fingerprint density at radius 3 is 2.47 bits per heavy atom. The molecule has 2 aliphatic rings. The Balaban J connectivity index is 1.37. The van der Waals surface area contributed by atoms with Gasteiger partial charge in [0.05, 0.1) is 0 Å². The first-order valence-electron chi connectivity index (χ1n) is 7.47. The van der Waals surface area contributed by atoms with Gasteiger partial charge in [-0.05, 0) is 44.0 Å². The molecule has 0 atom stereocenters. The van der Waals surface area contributed by atoms with Crippen LogP contribution in [0, 0.1) is 5.92 Å². The zero-order chi connectivity index (χ0) is 12.9. The second-order valence-corrected chi connectivity index (χ2v) is 6.92. The summed E-state index contributed by atoms with van der Waals surface area (Å²) in [5, 5.41) is 3.71.